The van der Waals surface area contributed by atoms with E-state index in [0.717, 1.165) is 12.8 Å². The Hall–Kier alpha value is -1.91. The lowest BCUT2D eigenvalue weighted by atomic mass is 9.80. The molecule has 3 rings (SSSR count). The molecule has 0 aliphatic heterocycles. The second-order valence-electron chi connectivity index (χ2n) is 6.50. The monoisotopic (exact) mass is 362 g/mol. The number of aliphatic hydroxyl groups is 1. The number of rotatable bonds is 5. The highest BCUT2D eigenvalue weighted by Crippen LogP contribution is 2.42. The minimum atomic E-state index is -1.16. The lowest BCUT2D eigenvalue weighted by Gasteiger charge is -2.31. The number of ether oxygens (including phenoxy) is 1. The summed E-state index contributed by atoms with van der Waals surface area (Å²) >= 11 is 6.06. The topological polar surface area (TPSA) is 46.5 Å². The maximum atomic E-state index is 13.7. The Morgan fingerprint density at radius 2 is 1.92 bits per heavy atom. The highest BCUT2D eigenvalue weighted by molar-refractivity contribution is 6.30. The van der Waals surface area contributed by atoms with E-state index in [4.69, 9.17) is 16.3 Å². The predicted molar refractivity (Wildman–Crippen MR) is 93.8 cm³/mol. The molecule has 1 aliphatic rings. The minimum Gasteiger partial charge on any atom is -0.460 e. The molecular weight excluding hydrogens is 343 g/mol. The summed E-state index contributed by atoms with van der Waals surface area (Å²) in [5, 5.41) is 11.5. The molecule has 1 atom stereocenters. The van der Waals surface area contributed by atoms with Crippen molar-refractivity contribution >= 4 is 17.6 Å². The highest BCUT2D eigenvalue weighted by atomic mass is 35.5. The van der Waals surface area contributed by atoms with Gasteiger partial charge >= 0.3 is 5.97 Å². The van der Waals surface area contributed by atoms with Gasteiger partial charge in [-0.25, -0.2) is 4.39 Å². The van der Waals surface area contributed by atoms with Gasteiger partial charge in [0.1, 0.15) is 18.3 Å². The van der Waals surface area contributed by atoms with Gasteiger partial charge in [-0.1, -0.05) is 54.8 Å². The van der Waals surface area contributed by atoms with Gasteiger partial charge in [0.15, 0.2) is 0 Å². The van der Waals surface area contributed by atoms with Crippen LogP contribution >= 0.6 is 11.6 Å². The number of halogens is 2. The molecule has 0 heterocycles. The van der Waals surface area contributed by atoms with Crippen molar-refractivity contribution in [1.29, 1.82) is 0 Å². The molecule has 1 unspecified atom stereocenters. The van der Waals surface area contributed by atoms with E-state index in [-0.39, 0.29) is 6.61 Å². The number of hydrogen-bond donors (Lipinski definition) is 1. The minimum absolute atomic E-state index is 0.168. The first-order valence-corrected chi connectivity index (χ1v) is 8.75. The summed E-state index contributed by atoms with van der Waals surface area (Å²) in [6, 6.07) is 13.0. The van der Waals surface area contributed by atoms with Crippen LogP contribution in [0.4, 0.5) is 4.39 Å². The molecule has 25 heavy (non-hydrogen) atoms. The highest BCUT2D eigenvalue weighted by Gasteiger charge is 2.45. The normalized spacial score (nSPS) is 17.2. The molecule has 3 nitrogen and oxygen atoms in total. The third kappa shape index (κ3) is 4.02. The first-order chi connectivity index (χ1) is 12.0. The van der Waals surface area contributed by atoms with E-state index in [0.29, 0.717) is 29.0 Å². The fraction of sp³-hybridized carbons (Fsp3) is 0.350. The number of hydrogen-bond acceptors (Lipinski definition) is 3. The first-order valence-electron chi connectivity index (χ1n) is 8.37. The fourth-order valence-corrected chi connectivity index (χ4v) is 3.67. The van der Waals surface area contributed by atoms with Crippen LogP contribution in [0.5, 0.6) is 0 Å². The third-order valence-corrected chi connectivity index (χ3v) is 4.99. The third-order valence-electron chi connectivity index (χ3n) is 4.75. The van der Waals surface area contributed by atoms with Crippen LogP contribution in [0, 0.1) is 5.82 Å². The molecule has 0 bridgehead atoms. The van der Waals surface area contributed by atoms with Gasteiger partial charge in [0.05, 0.1) is 5.60 Å². The molecule has 2 aromatic rings. The van der Waals surface area contributed by atoms with Gasteiger partial charge in [-0.3, -0.25) is 4.79 Å². The zero-order valence-corrected chi connectivity index (χ0v) is 14.5. The Bertz CT molecular complexity index is 756. The average Bonchev–Trinajstić information content (AvgIpc) is 3.01. The van der Waals surface area contributed by atoms with Crippen molar-refractivity contribution in [2.24, 2.45) is 0 Å². The van der Waals surface area contributed by atoms with Crippen molar-refractivity contribution in [3.8, 4) is 0 Å². The summed E-state index contributed by atoms with van der Waals surface area (Å²) in [5.41, 5.74) is -0.230. The molecule has 2 aromatic carbocycles. The second-order valence-corrected chi connectivity index (χ2v) is 6.93. The van der Waals surface area contributed by atoms with E-state index >= 15 is 0 Å². The number of carbonyl (C=O) groups is 1. The Morgan fingerprint density at radius 1 is 1.20 bits per heavy atom. The Balaban J connectivity index is 1.84. The van der Waals surface area contributed by atoms with Crippen LogP contribution in [0.2, 0.25) is 5.02 Å². The van der Waals surface area contributed by atoms with Crippen molar-refractivity contribution in [2.75, 3.05) is 0 Å². The summed E-state index contributed by atoms with van der Waals surface area (Å²) in [5.74, 6) is -1.82. The standard InChI is InChI=1S/C20H20ClFO3/c21-16-8-5-7-14(12-16)18(20(24)10-3-4-11-20)19(23)25-13-15-6-1-2-9-17(15)22/h1-2,5-9,12,18,24H,3-4,10-11,13H2. The van der Waals surface area contributed by atoms with Crippen LogP contribution < -0.4 is 0 Å². The molecule has 1 N–H and O–H groups in total. The molecule has 0 radical (unpaired) electrons. The quantitative estimate of drug-likeness (QED) is 0.790. The second kappa shape index (κ2) is 7.54. The maximum absolute atomic E-state index is 13.7. The summed E-state index contributed by atoms with van der Waals surface area (Å²) in [4.78, 5) is 12.8. The molecule has 0 saturated heterocycles. The number of carbonyl (C=O) groups excluding carboxylic acids is 1. The predicted octanol–water partition coefficient (Wildman–Crippen LogP) is 4.61. The smallest absolute Gasteiger partial charge is 0.316 e. The van der Waals surface area contributed by atoms with E-state index < -0.39 is 23.3 Å². The maximum Gasteiger partial charge on any atom is 0.316 e. The van der Waals surface area contributed by atoms with Crippen molar-refractivity contribution in [1.82, 2.24) is 0 Å². The van der Waals surface area contributed by atoms with Gasteiger partial charge in [-0.05, 0) is 36.6 Å². The molecule has 1 aliphatic carbocycles. The molecule has 1 saturated carbocycles. The van der Waals surface area contributed by atoms with Gasteiger partial charge < -0.3 is 9.84 Å². The summed E-state index contributed by atoms with van der Waals surface area (Å²) < 4.78 is 19.1. The number of benzene rings is 2. The fourth-order valence-electron chi connectivity index (χ4n) is 3.48. The van der Waals surface area contributed by atoms with Crippen molar-refractivity contribution < 1.29 is 19.0 Å². The van der Waals surface area contributed by atoms with Crippen LogP contribution in [0.25, 0.3) is 0 Å². The summed E-state index contributed by atoms with van der Waals surface area (Å²) in [6.45, 7) is -0.168. The van der Waals surface area contributed by atoms with Gasteiger partial charge in [-0.15, -0.1) is 0 Å². The van der Waals surface area contributed by atoms with Crippen LogP contribution in [0.1, 0.15) is 42.7 Å². The van der Waals surface area contributed by atoms with E-state index in [1.807, 2.05) is 0 Å². The molecule has 0 amide bonds. The molecular formula is C20H20ClFO3. The SMILES string of the molecule is O=C(OCc1ccccc1F)C(c1cccc(Cl)c1)C1(O)CCCC1. The van der Waals surface area contributed by atoms with E-state index in [2.05, 4.69) is 0 Å². The van der Waals surface area contributed by atoms with Crippen LogP contribution in [-0.2, 0) is 16.1 Å². The zero-order chi connectivity index (χ0) is 17.9. The lowest BCUT2D eigenvalue weighted by Crippen LogP contribution is -2.39. The van der Waals surface area contributed by atoms with Gasteiger partial charge in [0, 0.05) is 10.6 Å². The van der Waals surface area contributed by atoms with E-state index in [1.54, 1.807) is 42.5 Å². The molecule has 5 heteroatoms. The Morgan fingerprint density at radius 3 is 2.60 bits per heavy atom. The summed E-state index contributed by atoms with van der Waals surface area (Å²) in [6.07, 6.45) is 2.76. The summed E-state index contributed by atoms with van der Waals surface area (Å²) in [7, 11) is 0. The van der Waals surface area contributed by atoms with Gasteiger partial charge in [-0.2, -0.15) is 0 Å². The zero-order valence-electron chi connectivity index (χ0n) is 13.8. The van der Waals surface area contributed by atoms with Gasteiger partial charge in [0.2, 0.25) is 0 Å². The molecule has 1 fully saturated rings. The van der Waals surface area contributed by atoms with Crippen molar-refractivity contribution in [2.45, 2.75) is 43.8 Å². The Kier molecular flexibility index (Phi) is 5.40. The molecule has 0 aromatic heterocycles. The number of esters is 1. The first kappa shape index (κ1) is 17.9. The average molecular weight is 363 g/mol. The van der Waals surface area contributed by atoms with Crippen molar-refractivity contribution in [3.05, 3.63) is 70.5 Å². The Labute approximate surface area is 151 Å². The van der Waals surface area contributed by atoms with Crippen LogP contribution in [-0.4, -0.2) is 16.7 Å². The van der Waals surface area contributed by atoms with Gasteiger partial charge in [0.25, 0.3) is 0 Å². The van der Waals surface area contributed by atoms with Crippen molar-refractivity contribution in [3.63, 3.8) is 0 Å². The molecule has 132 valence electrons. The lowest BCUT2D eigenvalue weighted by molar-refractivity contribution is -0.154. The van der Waals surface area contributed by atoms with Crippen LogP contribution in [0.15, 0.2) is 48.5 Å². The van der Waals surface area contributed by atoms with E-state index in [9.17, 15) is 14.3 Å². The molecule has 0 spiro atoms. The largest absolute Gasteiger partial charge is 0.460 e. The van der Waals surface area contributed by atoms with Crippen LogP contribution in [0.3, 0.4) is 0 Å². The van der Waals surface area contributed by atoms with E-state index in [1.165, 1.54) is 6.07 Å².